The first kappa shape index (κ1) is 17.6. The van der Waals surface area contributed by atoms with Crippen LogP contribution in [0.4, 0.5) is 0 Å². The van der Waals surface area contributed by atoms with Crippen LogP contribution in [0.25, 0.3) is 22.2 Å². The minimum Gasteiger partial charge on any atom is -0.461 e. The molecule has 2 heterocycles. The molecule has 4 rings (SSSR count). The van der Waals surface area contributed by atoms with Crippen molar-refractivity contribution in [3.63, 3.8) is 0 Å². The molecule has 0 saturated heterocycles. The number of rotatable bonds is 5. The van der Waals surface area contributed by atoms with Crippen molar-refractivity contribution in [3.8, 4) is 11.3 Å². The fourth-order valence-corrected chi connectivity index (χ4v) is 3.02. The van der Waals surface area contributed by atoms with Crippen LogP contribution >= 0.6 is 0 Å². The van der Waals surface area contributed by atoms with Gasteiger partial charge in [-0.25, -0.2) is 0 Å². The van der Waals surface area contributed by atoms with E-state index in [1.165, 1.54) is 0 Å². The third-order valence-corrected chi connectivity index (χ3v) is 4.47. The Kier molecular flexibility index (Phi) is 4.93. The summed E-state index contributed by atoms with van der Waals surface area (Å²) in [6.45, 7) is 0. The molecule has 6 heteroatoms. The molecule has 3 N–H and O–H groups in total. The van der Waals surface area contributed by atoms with Gasteiger partial charge in [-0.15, -0.1) is 0 Å². The van der Waals surface area contributed by atoms with Gasteiger partial charge in [-0.05, 0) is 18.2 Å². The van der Waals surface area contributed by atoms with Crippen LogP contribution in [-0.4, -0.2) is 16.8 Å². The van der Waals surface area contributed by atoms with Crippen LogP contribution in [0, 0.1) is 0 Å². The fraction of sp³-hybridized carbons (Fsp3) is 0.0909. The first-order chi connectivity index (χ1) is 13.7. The number of carbonyl (C=O) groups excluding carboxylic acids is 2. The maximum absolute atomic E-state index is 12.3. The molecular weight excluding hydrogens is 354 g/mol. The number of aromatic nitrogens is 1. The van der Waals surface area contributed by atoms with Crippen molar-refractivity contribution in [3.05, 3.63) is 84.3 Å². The van der Waals surface area contributed by atoms with Gasteiger partial charge in [0.05, 0.1) is 5.56 Å². The highest BCUT2D eigenvalue weighted by atomic mass is 16.3. The standard InChI is InChI=1S/C22H19N3O3/c26-21(13-11-16-10-12-20(28-16)15-6-2-1-3-7-15)24-25-22(27)18-14-23-19-9-5-4-8-17(18)19/h1-10,12,14,23H,11,13H2,(H,24,26)(H,25,27). The number of nitrogens with one attached hydrogen (secondary N) is 3. The lowest BCUT2D eigenvalue weighted by Crippen LogP contribution is -2.41. The van der Waals surface area contributed by atoms with Crippen LogP contribution in [0.15, 0.2) is 77.3 Å². The van der Waals surface area contributed by atoms with E-state index >= 15 is 0 Å². The van der Waals surface area contributed by atoms with Crippen LogP contribution in [0.3, 0.4) is 0 Å². The van der Waals surface area contributed by atoms with Crippen LogP contribution in [0.5, 0.6) is 0 Å². The second-order valence-electron chi connectivity index (χ2n) is 6.38. The third-order valence-electron chi connectivity index (χ3n) is 4.47. The molecule has 0 atom stereocenters. The van der Waals surface area contributed by atoms with E-state index in [4.69, 9.17) is 4.42 Å². The molecule has 28 heavy (non-hydrogen) atoms. The van der Waals surface area contributed by atoms with Crippen molar-refractivity contribution >= 4 is 22.7 Å². The van der Waals surface area contributed by atoms with E-state index in [1.807, 2.05) is 66.7 Å². The third kappa shape index (κ3) is 3.81. The number of furan rings is 1. The van der Waals surface area contributed by atoms with Crippen molar-refractivity contribution < 1.29 is 14.0 Å². The summed E-state index contributed by atoms with van der Waals surface area (Å²) in [6, 6.07) is 21.0. The minimum atomic E-state index is -0.366. The number of benzene rings is 2. The molecule has 2 amide bonds. The van der Waals surface area contributed by atoms with Crippen molar-refractivity contribution in [2.24, 2.45) is 0 Å². The zero-order valence-corrected chi connectivity index (χ0v) is 15.1. The predicted octanol–water partition coefficient (Wildman–Crippen LogP) is 3.82. The van der Waals surface area contributed by atoms with Gasteiger partial charge in [0.15, 0.2) is 0 Å². The summed E-state index contributed by atoms with van der Waals surface area (Å²) in [4.78, 5) is 27.4. The lowest BCUT2D eigenvalue weighted by atomic mass is 10.2. The normalized spacial score (nSPS) is 10.7. The summed E-state index contributed by atoms with van der Waals surface area (Å²) in [6.07, 6.45) is 2.28. The molecule has 2 aromatic carbocycles. The summed E-state index contributed by atoms with van der Waals surface area (Å²) in [5.74, 6) is 0.835. The van der Waals surface area contributed by atoms with Gasteiger partial charge in [0, 0.05) is 35.5 Å². The number of amides is 2. The number of aryl methyl sites for hydroxylation is 1. The highest BCUT2D eigenvalue weighted by molar-refractivity contribution is 6.07. The monoisotopic (exact) mass is 373 g/mol. The molecule has 0 aliphatic heterocycles. The Balaban J connectivity index is 1.29. The second kappa shape index (κ2) is 7.84. The van der Waals surface area contributed by atoms with Crippen LogP contribution in [0.1, 0.15) is 22.5 Å². The molecular formula is C22H19N3O3. The van der Waals surface area contributed by atoms with E-state index in [-0.39, 0.29) is 18.2 Å². The molecule has 140 valence electrons. The molecule has 0 aliphatic rings. The molecule has 0 bridgehead atoms. The van der Waals surface area contributed by atoms with Gasteiger partial charge in [0.25, 0.3) is 5.91 Å². The summed E-state index contributed by atoms with van der Waals surface area (Å²) in [5, 5.41) is 0.804. The Hall–Kier alpha value is -3.80. The lowest BCUT2D eigenvalue weighted by molar-refractivity contribution is -0.121. The first-order valence-corrected chi connectivity index (χ1v) is 9.00. The number of para-hydroxylation sites is 1. The van der Waals surface area contributed by atoms with Gasteiger partial charge in [-0.1, -0.05) is 48.5 Å². The van der Waals surface area contributed by atoms with Crippen molar-refractivity contribution in [2.45, 2.75) is 12.8 Å². The Morgan fingerprint density at radius 3 is 2.54 bits per heavy atom. The Labute approximate surface area is 161 Å². The van der Waals surface area contributed by atoms with E-state index in [9.17, 15) is 9.59 Å². The molecule has 0 fully saturated rings. The highest BCUT2D eigenvalue weighted by Gasteiger charge is 2.13. The van der Waals surface area contributed by atoms with Gasteiger partial charge in [-0.2, -0.15) is 0 Å². The van der Waals surface area contributed by atoms with Gasteiger partial charge in [0.1, 0.15) is 11.5 Å². The Morgan fingerprint density at radius 2 is 1.68 bits per heavy atom. The number of fused-ring (bicyclic) bond motifs is 1. The summed E-state index contributed by atoms with van der Waals surface area (Å²) in [5.41, 5.74) is 7.24. The minimum absolute atomic E-state index is 0.204. The van der Waals surface area contributed by atoms with Crippen molar-refractivity contribution in [1.29, 1.82) is 0 Å². The number of hydrogen-bond donors (Lipinski definition) is 3. The SMILES string of the molecule is O=C(CCc1ccc(-c2ccccc2)o1)NNC(=O)c1c[nH]c2ccccc12. The van der Waals surface area contributed by atoms with Crippen LogP contribution in [-0.2, 0) is 11.2 Å². The van der Waals surface area contributed by atoms with E-state index in [1.54, 1.807) is 6.20 Å². The van der Waals surface area contributed by atoms with E-state index in [0.717, 1.165) is 28.0 Å². The lowest BCUT2D eigenvalue weighted by Gasteiger charge is -2.06. The van der Waals surface area contributed by atoms with Gasteiger partial charge in [-0.3, -0.25) is 20.4 Å². The average Bonchev–Trinajstić information content (AvgIpc) is 3.38. The maximum Gasteiger partial charge on any atom is 0.271 e. The molecule has 0 spiro atoms. The van der Waals surface area contributed by atoms with Crippen molar-refractivity contribution in [2.75, 3.05) is 0 Å². The predicted molar refractivity (Wildman–Crippen MR) is 106 cm³/mol. The molecule has 2 aromatic heterocycles. The van der Waals surface area contributed by atoms with Crippen LogP contribution in [0.2, 0.25) is 0 Å². The smallest absolute Gasteiger partial charge is 0.271 e. The summed E-state index contributed by atoms with van der Waals surface area (Å²) >= 11 is 0. The van der Waals surface area contributed by atoms with Crippen molar-refractivity contribution in [1.82, 2.24) is 15.8 Å². The number of hydrazine groups is 1. The summed E-state index contributed by atoms with van der Waals surface area (Å²) < 4.78 is 5.78. The largest absolute Gasteiger partial charge is 0.461 e. The molecule has 0 saturated carbocycles. The fourth-order valence-electron chi connectivity index (χ4n) is 3.02. The molecule has 4 aromatic rings. The second-order valence-corrected chi connectivity index (χ2v) is 6.38. The number of H-pyrrole nitrogens is 1. The van der Waals surface area contributed by atoms with Gasteiger partial charge < -0.3 is 9.40 Å². The zero-order valence-electron chi connectivity index (χ0n) is 15.1. The maximum atomic E-state index is 12.3. The molecule has 6 nitrogen and oxygen atoms in total. The zero-order chi connectivity index (χ0) is 19.3. The Bertz CT molecular complexity index is 1110. The molecule has 0 radical (unpaired) electrons. The van der Waals surface area contributed by atoms with Crippen LogP contribution < -0.4 is 10.9 Å². The Morgan fingerprint density at radius 1 is 0.893 bits per heavy atom. The summed E-state index contributed by atoms with van der Waals surface area (Å²) in [7, 11) is 0. The highest BCUT2D eigenvalue weighted by Crippen LogP contribution is 2.22. The topological polar surface area (TPSA) is 87.1 Å². The average molecular weight is 373 g/mol. The first-order valence-electron chi connectivity index (χ1n) is 9.00. The van der Waals surface area contributed by atoms with Gasteiger partial charge in [0.2, 0.25) is 5.91 Å². The number of aromatic amines is 1. The molecule has 0 unspecified atom stereocenters. The van der Waals surface area contributed by atoms with E-state index in [2.05, 4.69) is 15.8 Å². The quantitative estimate of drug-likeness (QED) is 0.465. The van der Waals surface area contributed by atoms with E-state index < -0.39 is 0 Å². The number of hydrogen-bond acceptors (Lipinski definition) is 3. The van der Waals surface area contributed by atoms with Gasteiger partial charge >= 0.3 is 0 Å². The molecule has 0 aliphatic carbocycles. The van der Waals surface area contributed by atoms with E-state index in [0.29, 0.717) is 12.0 Å². The number of carbonyl (C=O) groups is 2.